The summed E-state index contributed by atoms with van der Waals surface area (Å²) in [5, 5.41) is 0. The minimum atomic E-state index is 0.756. The Bertz CT molecular complexity index is 576. The summed E-state index contributed by atoms with van der Waals surface area (Å²) in [6.07, 6.45) is 3.66. The highest BCUT2D eigenvalue weighted by molar-refractivity contribution is 5.78. The molecule has 4 nitrogen and oxygen atoms in total. The molecule has 0 saturated carbocycles. The van der Waals surface area contributed by atoms with Crippen molar-refractivity contribution < 1.29 is 4.74 Å². The second-order valence-electron chi connectivity index (χ2n) is 4.28. The first-order chi connectivity index (χ1) is 8.86. The van der Waals surface area contributed by atoms with Crippen LogP contribution in [0.3, 0.4) is 0 Å². The summed E-state index contributed by atoms with van der Waals surface area (Å²) in [5.41, 5.74) is 2.89. The minimum Gasteiger partial charge on any atom is -0.378 e. The second-order valence-corrected chi connectivity index (χ2v) is 4.28. The van der Waals surface area contributed by atoms with E-state index >= 15 is 0 Å². The quantitative estimate of drug-likeness (QED) is 0.807. The molecule has 1 aliphatic heterocycles. The van der Waals surface area contributed by atoms with Crippen molar-refractivity contribution in [2.45, 2.75) is 0 Å². The molecule has 0 aliphatic carbocycles. The van der Waals surface area contributed by atoms with Crippen LogP contribution in [0.1, 0.15) is 5.56 Å². The third-order valence-corrected chi connectivity index (χ3v) is 3.12. The van der Waals surface area contributed by atoms with Gasteiger partial charge in [-0.15, -0.1) is 0 Å². The van der Waals surface area contributed by atoms with Crippen molar-refractivity contribution in [3.8, 4) is 0 Å². The molecular weight excluding hydrogens is 226 g/mol. The van der Waals surface area contributed by atoms with Gasteiger partial charge in [-0.25, -0.2) is 4.98 Å². The van der Waals surface area contributed by atoms with E-state index < -0.39 is 0 Å². The summed E-state index contributed by atoms with van der Waals surface area (Å²) in [6, 6.07) is 5.99. The van der Waals surface area contributed by atoms with Crippen LogP contribution in [-0.2, 0) is 4.74 Å². The lowest BCUT2D eigenvalue weighted by atomic mass is 10.2. The van der Waals surface area contributed by atoms with Crippen LogP contribution >= 0.6 is 0 Å². The van der Waals surface area contributed by atoms with E-state index in [0.717, 1.165) is 48.7 Å². The zero-order chi connectivity index (χ0) is 12.4. The van der Waals surface area contributed by atoms with Gasteiger partial charge in [0.2, 0.25) is 0 Å². The zero-order valence-corrected chi connectivity index (χ0v) is 10.2. The molecule has 1 aromatic carbocycles. The molecule has 2 heterocycles. The summed E-state index contributed by atoms with van der Waals surface area (Å²) < 4.78 is 5.34. The molecule has 4 heteroatoms. The summed E-state index contributed by atoms with van der Waals surface area (Å²) >= 11 is 0. The predicted molar refractivity (Wildman–Crippen MR) is 72.7 cm³/mol. The third kappa shape index (κ3) is 2.07. The van der Waals surface area contributed by atoms with Crippen LogP contribution in [0.15, 0.2) is 31.0 Å². The molecule has 1 aromatic heterocycles. The SMILES string of the molecule is C=Cc1ccc2ncc(N3CCOCC3)nc2c1. The van der Waals surface area contributed by atoms with E-state index in [9.17, 15) is 0 Å². The molecule has 1 fully saturated rings. The van der Waals surface area contributed by atoms with Gasteiger partial charge in [0.15, 0.2) is 0 Å². The van der Waals surface area contributed by atoms with Gasteiger partial charge in [-0.05, 0) is 17.7 Å². The fourth-order valence-corrected chi connectivity index (χ4v) is 2.09. The number of aromatic nitrogens is 2. The fourth-order valence-electron chi connectivity index (χ4n) is 2.09. The zero-order valence-electron chi connectivity index (χ0n) is 10.2. The largest absolute Gasteiger partial charge is 0.378 e. The first-order valence-corrected chi connectivity index (χ1v) is 6.09. The lowest BCUT2D eigenvalue weighted by Crippen LogP contribution is -2.36. The number of morpholine rings is 1. The average molecular weight is 241 g/mol. The molecule has 0 N–H and O–H groups in total. The Morgan fingerprint density at radius 3 is 2.83 bits per heavy atom. The average Bonchev–Trinajstić information content (AvgIpc) is 2.47. The molecule has 0 unspecified atom stereocenters. The first-order valence-electron chi connectivity index (χ1n) is 6.09. The van der Waals surface area contributed by atoms with E-state index in [1.54, 1.807) is 0 Å². The van der Waals surface area contributed by atoms with Crippen LogP contribution in [-0.4, -0.2) is 36.3 Å². The van der Waals surface area contributed by atoms with E-state index in [1.165, 1.54) is 0 Å². The van der Waals surface area contributed by atoms with Gasteiger partial charge in [0.25, 0.3) is 0 Å². The lowest BCUT2D eigenvalue weighted by molar-refractivity contribution is 0.122. The summed E-state index contributed by atoms with van der Waals surface area (Å²) in [7, 11) is 0. The number of anilines is 1. The Hall–Kier alpha value is -1.94. The third-order valence-electron chi connectivity index (χ3n) is 3.12. The van der Waals surface area contributed by atoms with Gasteiger partial charge in [-0.2, -0.15) is 0 Å². The van der Waals surface area contributed by atoms with Crippen LogP contribution in [0.25, 0.3) is 17.1 Å². The number of ether oxygens (including phenoxy) is 1. The van der Waals surface area contributed by atoms with Crippen molar-refractivity contribution in [3.63, 3.8) is 0 Å². The topological polar surface area (TPSA) is 38.2 Å². The number of fused-ring (bicyclic) bond motifs is 1. The van der Waals surface area contributed by atoms with Crippen molar-refractivity contribution in [1.82, 2.24) is 9.97 Å². The maximum absolute atomic E-state index is 5.34. The molecule has 3 rings (SSSR count). The fraction of sp³-hybridized carbons (Fsp3) is 0.286. The Morgan fingerprint density at radius 2 is 2.06 bits per heavy atom. The molecular formula is C14H15N3O. The van der Waals surface area contributed by atoms with E-state index in [0.29, 0.717) is 0 Å². The maximum Gasteiger partial charge on any atom is 0.148 e. The highest BCUT2D eigenvalue weighted by atomic mass is 16.5. The smallest absolute Gasteiger partial charge is 0.148 e. The highest BCUT2D eigenvalue weighted by Gasteiger charge is 2.13. The van der Waals surface area contributed by atoms with Crippen molar-refractivity contribution >= 4 is 22.9 Å². The molecule has 2 aromatic rings. The predicted octanol–water partition coefficient (Wildman–Crippen LogP) is 2.11. The Labute approximate surface area is 106 Å². The van der Waals surface area contributed by atoms with E-state index in [4.69, 9.17) is 4.74 Å². The molecule has 0 atom stereocenters. The van der Waals surface area contributed by atoms with Crippen LogP contribution in [0.4, 0.5) is 5.82 Å². The summed E-state index contributed by atoms with van der Waals surface area (Å²) in [6.45, 7) is 7.04. The first kappa shape index (κ1) is 11.2. The summed E-state index contributed by atoms with van der Waals surface area (Å²) in [4.78, 5) is 11.3. The van der Waals surface area contributed by atoms with Crippen molar-refractivity contribution in [1.29, 1.82) is 0 Å². The van der Waals surface area contributed by atoms with Crippen LogP contribution in [0, 0.1) is 0 Å². The molecule has 0 bridgehead atoms. The molecule has 1 saturated heterocycles. The normalized spacial score (nSPS) is 15.9. The number of benzene rings is 1. The van der Waals surface area contributed by atoms with Crippen molar-refractivity contribution in [3.05, 3.63) is 36.5 Å². The van der Waals surface area contributed by atoms with Gasteiger partial charge in [0, 0.05) is 13.1 Å². The number of rotatable bonds is 2. The monoisotopic (exact) mass is 241 g/mol. The minimum absolute atomic E-state index is 0.756. The molecule has 1 aliphatic rings. The Morgan fingerprint density at radius 1 is 1.22 bits per heavy atom. The van der Waals surface area contributed by atoms with Crippen LogP contribution in [0.5, 0.6) is 0 Å². The van der Waals surface area contributed by atoms with Crippen LogP contribution in [0.2, 0.25) is 0 Å². The van der Waals surface area contributed by atoms with E-state index in [1.807, 2.05) is 30.5 Å². The maximum atomic E-state index is 5.34. The number of hydrogen-bond acceptors (Lipinski definition) is 4. The standard InChI is InChI=1S/C14H15N3O/c1-2-11-3-4-12-13(9-11)16-14(10-15-12)17-5-7-18-8-6-17/h2-4,9-10H,1,5-8H2. The van der Waals surface area contributed by atoms with Gasteiger partial charge in [0.1, 0.15) is 5.82 Å². The van der Waals surface area contributed by atoms with E-state index in [2.05, 4.69) is 21.4 Å². The molecule has 0 radical (unpaired) electrons. The van der Waals surface area contributed by atoms with Crippen molar-refractivity contribution in [2.75, 3.05) is 31.2 Å². The molecule has 0 spiro atoms. The second kappa shape index (κ2) is 4.74. The Balaban J connectivity index is 2.00. The molecule has 0 amide bonds. The van der Waals surface area contributed by atoms with Gasteiger partial charge >= 0.3 is 0 Å². The van der Waals surface area contributed by atoms with Crippen LogP contribution < -0.4 is 4.90 Å². The van der Waals surface area contributed by atoms with Gasteiger partial charge in [-0.3, -0.25) is 4.98 Å². The van der Waals surface area contributed by atoms with Gasteiger partial charge in [0.05, 0.1) is 30.4 Å². The number of hydrogen-bond donors (Lipinski definition) is 0. The van der Waals surface area contributed by atoms with Gasteiger partial charge < -0.3 is 9.64 Å². The van der Waals surface area contributed by atoms with Gasteiger partial charge in [-0.1, -0.05) is 18.7 Å². The number of nitrogens with zero attached hydrogens (tertiary/aromatic N) is 3. The Kier molecular flexibility index (Phi) is 2.94. The molecule has 18 heavy (non-hydrogen) atoms. The van der Waals surface area contributed by atoms with E-state index in [-0.39, 0.29) is 0 Å². The molecule has 92 valence electrons. The lowest BCUT2D eigenvalue weighted by Gasteiger charge is -2.27. The summed E-state index contributed by atoms with van der Waals surface area (Å²) in [5.74, 6) is 0.923. The van der Waals surface area contributed by atoms with Crippen molar-refractivity contribution in [2.24, 2.45) is 0 Å². The highest BCUT2D eigenvalue weighted by Crippen LogP contribution is 2.18.